The van der Waals surface area contributed by atoms with Crippen LogP contribution in [0.4, 0.5) is 0 Å². The van der Waals surface area contributed by atoms with Crippen LogP contribution in [-0.4, -0.2) is 11.9 Å². The number of nitrogens with two attached hydrogens (primary N) is 1. The predicted molar refractivity (Wildman–Crippen MR) is 110 cm³/mol. The largest absolute Gasteiger partial charge is 0.401 e. The Morgan fingerprint density at radius 2 is 1.88 bits per heavy atom. The van der Waals surface area contributed by atoms with Crippen LogP contribution in [0.2, 0.25) is 10.0 Å². The van der Waals surface area contributed by atoms with E-state index in [2.05, 4.69) is 27.8 Å². The lowest BCUT2D eigenvalue weighted by Gasteiger charge is -2.23. The van der Waals surface area contributed by atoms with Gasteiger partial charge in [-0.25, -0.2) is 0 Å². The van der Waals surface area contributed by atoms with Gasteiger partial charge in [0.05, 0.1) is 11.5 Å². The minimum atomic E-state index is -0.602. The average Bonchev–Trinajstić information content (AvgIpc) is 3.37. The first-order valence-corrected chi connectivity index (χ1v) is 9.82. The molecular weight excluding hydrogens is 435 g/mol. The number of hydrogen-bond donors (Lipinski definition) is 2. The fourth-order valence-electron chi connectivity index (χ4n) is 3.05. The van der Waals surface area contributed by atoms with Gasteiger partial charge in [-0.2, -0.15) is 0 Å². The quantitative estimate of drug-likeness (QED) is 0.647. The minimum Gasteiger partial charge on any atom is -0.401 e. The van der Waals surface area contributed by atoms with Crippen molar-refractivity contribution in [1.29, 1.82) is 0 Å². The molecule has 0 bridgehead atoms. The molecular formula is C20H19BrCl2N2O. The van der Waals surface area contributed by atoms with Crippen molar-refractivity contribution in [3.05, 3.63) is 80.4 Å². The molecule has 1 amide bonds. The van der Waals surface area contributed by atoms with Gasteiger partial charge in [-0.3, -0.25) is 4.79 Å². The summed E-state index contributed by atoms with van der Waals surface area (Å²) in [6, 6.07) is 12.8. The van der Waals surface area contributed by atoms with E-state index in [0.717, 1.165) is 28.4 Å². The number of carbonyl (C=O) groups excluding carboxylic acids is 1. The number of benzene rings is 2. The molecule has 0 heterocycles. The lowest BCUT2D eigenvalue weighted by atomic mass is 9.93. The Kier molecular flexibility index (Phi) is 5.66. The van der Waals surface area contributed by atoms with E-state index in [0.29, 0.717) is 22.2 Å². The molecule has 0 radical (unpaired) electrons. The molecule has 0 saturated heterocycles. The van der Waals surface area contributed by atoms with Crippen molar-refractivity contribution in [2.75, 3.05) is 0 Å². The van der Waals surface area contributed by atoms with Crippen molar-refractivity contribution in [1.82, 2.24) is 5.32 Å². The van der Waals surface area contributed by atoms with E-state index in [1.54, 1.807) is 12.1 Å². The summed E-state index contributed by atoms with van der Waals surface area (Å²) in [4.78, 5) is 13.0. The molecule has 136 valence electrons. The zero-order valence-electron chi connectivity index (χ0n) is 14.1. The van der Waals surface area contributed by atoms with Crippen LogP contribution < -0.4 is 11.1 Å². The second kappa shape index (κ2) is 7.63. The van der Waals surface area contributed by atoms with Crippen molar-refractivity contribution >= 4 is 45.0 Å². The van der Waals surface area contributed by atoms with Gasteiger partial charge in [-0.05, 0) is 54.7 Å². The minimum absolute atomic E-state index is 0.0737. The number of rotatable bonds is 6. The SMILES string of the molecule is C=C(N)[C@H](Cc1ccc(Br)cc1)NC(=O)C1(c2ccc(Cl)cc2Cl)CC1. The van der Waals surface area contributed by atoms with Crippen molar-refractivity contribution in [2.24, 2.45) is 5.73 Å². The molecule has 3 rings (SSSR count). The van der Waals surface area contributed by atoms with Crippen LogP contribution in [0.5, 0.6) is 0 Å². The third-order valence-electron chi connectivity index (χ3n) is 4.74. The molecule has 1 fully saturated rings. The number of nitrogens with one attached hydrogen (secondary N) is 1. The molecule has 3 N–H and O–H groups in total. The number of amides is 1. The van der Waals surface area contributed by atoms with Crippen LogP contribution in [0.1, 0.15) is 24.0 Å². The molecule has 1 aliphatic rings. The lowest BCUT2D eigenvalue weighted by molar-refractivity contribution is -0.124. The highest BCUT2D eigenvalue weighted by Crippen LogP contribution is 2.51. The normalized spacial score (nSPS) is 16.0. The lowest BCUT2D eigenvalue weighted by Crippen LogP contribution is -2.45. The molecule has 0 aliphatic heterocycles. The Balaban J connectivity index is 1.77. The molecule has 1 saturated carbocycles. The van der Waals surface area contributed by atoms with E-state index in [4.69, 9.17) is 28.9 Å². The van der Waals surface area contributed by atoms with Gasteiger partial charge < -0.3 is 11.1 Å². The third-order valence-corrected chi connectivity index (χ3v) is 5.81. The van der Waals surface area contributed by atoms with Gasteiger partial charge >= 0.3 is 0 Å². The summed E-state index contributed by atoms with van der Waals surface area (Å²) in [6.07, 6.45) is 2.09. The molecule has 6 heteroatoms. The third kappa shape index (κ3) is 4.08. The highest BCUT2D eigenvalue weighted by Gasteiger charge is 2.52. The van der Waals surface area contributed by atoms with Gasteiger partial charge in [-0.1, -0.05) is 63.9 Å². The van der Waals surface area contributed by atoms with Crippen LogP contribution in [0.25, 0.3) is 0 Å². The molecule has 2 aromatic carbocycles. The molecule has 0 spiro atoms. The smallest absolute Gasteiger partial charge is 0.231 e. The van der Waals surface area contributed by atoms with Gasteiger partial charge in [0.2, 0.25) is 5.91 Å². The van der Waals surface area contributed by atoms with E-state index in [1.165, 1.54) is 0 Å². The topological polar surface area (TPSA) is 55.1 Å². The van der Waals surface area contributed by atoms with Crippen molar-refractivity contribution in [2.45, 2.75) is 30.7 Å². The van der Waals surface area contributed by atoms with E-state index in [9.17, 15) is 4.79 Å². The van der Waals surface area contributed by atoms with E-state index < -0.39 is 5.41 Å². The van der Waals surface area contributed by atoms with Crippen LogP contribution >= 0.6 is 39.1 Å². The van der Waals surface area contributed by atoms with Gasteiger partial charge in [0.1, 0.15) is 0 Å². The Labute approximate surface area is 171 Å². The Hall–Kier alpha value is -1.49. The highest BCUT2D eigenvalue weighted by atomic mass is 79.9. The first-order chi connectivity index (χ1) is 12.3. The second-order valence-corrected chi connectivity index (χ2v) is 8.40. The number of hydrogen-bond acceptors (Lipinski definition) is 2. The fraction of sp³-hybridized carbons (Fsp3) is 0.250. The first-order valence-electron chi connectivity index (χ1n) is 8.27. The summed E-state index contributed by atoms with van der Waals surface area (Å²) in [5.74, 6) is -0.0737. The van der Waals surface area contributed by atoms with E-state index in [-0.39, 0.29) is 11.9 Å². The van der Waals surface area contributed by atoms with Crippen LogP contribution in [-0.2, 0) is 16.6 Å². The van der Waals surface area contributed by atoms with E-state index in [1.807, 2.05) is 30.3 Å². The highest BCUT2D eigenvalue weighted by molar-refractivity contribution is 9.10. The average molecular weight is 454 g/mol. The van der Waals surface area contributed by atoms with Crippen LogP contribution in [0.15, 0.2) is 59.2 Å². The molecule has 1 aliphatic carbocycles. The van der Waals surface area contributed by atoms with Crippen molar-refractivity contribution in [3.8, 4) is 0 Å². The summed E-state index contributed by atoms with van der Waals surface area (Å²) in [6.45, 7) is 3.84. The van der Waals surface area contributed by atoms with Gasteiger partial charge in [-0.15, -0.1) is 0 Å². The van der Waals surface area contributed by atoms with Gasteiger partial charge in [0, 0.05) is 20.2 Å². The maximum atomic E-state index is 13.0. The Morgan fingerprint density at radius 1 is 1.23 bits per heavy atom. The summed E-state index contributed by atoms with van der Waals surface area (Å²) in [5.41, 5.74) is 7.66. The fourth-order valence-corrected chi connectivity index (χ4v) is 3.90. The maximum absolute atomic E-state index is 13.0. The summed E-state index contributed by atoms with van der Waals surface area (Å²) < 4.78 is 1.00. The molecule has 2 aromatic rings. The monoisotopic (exact) mass is 452 g/mol. The molecule has 1 atom stereocenters. The summed E-state index contributed by atoms with van der Waals surface area (Å²) >= 11 is 15.7. The molecule has 26 heavy (non-hydrogen) atoms. The summed E-state index contributed by atoms with van der Waals surface area (Å²) in [7, 11) is 0. The number of carbonyl (C=O) groups is 1. The molecule has 0 unspecified atom stereocenters. The molecule has 0 aromatic heterocycles. The Morgan fingerprint density at radius 3 is 2.42 bits per heavy atom. The standard InChI is InChI=1S/C20H19BrCl2N2O/c1-12(24)18(10-13-2-4-14(21)5-3-13)25-19(26)20(8-9-20)16-7-6-15(22)11-17(16)23/h2-7,11,18H,1,8-10,24H2,(H,25,26)/t18-/m0/s1. The van der Waals surface area contributed by atoms with Crippen LogP contribution in [0, 0.1) is 0 Å². The van der Waals surface area contributed by atoms with Gasteiger partial charge in [0.15, 0.2) is 0 Å². The zero-order valence-corrected chi connectivity index (χ0v) is 17.2. The van der Waals surface area contributed by atoms with Crippen LogP contribution in [0.3, 0.4) is 0 Å². The first kappa shape index (κ1) is 19.3. The zero-order chi connectivity index (χ0) is 18.9. The maximum Gasteiger partial charge on any atom is 0.231 e. The van der Waals surface area contributed by atoms with Crippen molar-refractivity contribution in [3.63, 3.8) is 0 Å². The Bertz CT molecular complexity index is 847. The second-order valence-electron chi connectivity index (χ2n) is 6.64. The predicted octanol–water partition coefficient (Wildman–Crippen LogP) is 4.99. The van der Waals surface area contributed by atoms with Gasteiger partial charge in [0.25, 0.3) is 0 Å². The summed E-state index contributed by atoms with van der Waals surface area (Å²) in [5, 5.41) is 4.12. The number of halogens is 3. The molecule has 3 nitrogen and oxygen atoms in total. The van der Waals surface area contributed by atoms with Crippen molar-refractivity contribution < 1.29 is 4.79 Å². The van der Waals surface area contributed by atoms with E-state index >= 15 is 0 Å².